The Kier molecular flexibility index (Phi) is 5.06. The Balaban J connectivity index is 1.95. The predicted octanol–water partition coefficient (Wildman–Crippen LogP) is 3.56. The third-order valence-corrected chi connectivity index (χ3v) is 4.09. The first-order valence-corrected chi connectivity index (χ1v) is 8.01. The Morgan fingerprint density at radius 2 is 2.14 bits per heavy atom. The van der Waals surface area contributed by atoms with E-state index in [1.807, 2.05) is 30.3 Å². The Hall–Kier alpha value is -1.33. The Bertz CT molecular complexity index is 586. The van der Waals surface area contributed by atoms with Crippen LogP contribution in [0.1, 0.15) is 44.9 Å². The van der Waals surface area contributed by atoms with Gasteiger partial charge in [-0.1, -0.05) is 20.8 Å². The lowest BCUT2D eigenvalue weighted by atomic mass is 10.2. The molecule has 2 aromatic rings. The highest BCUT2D eigenvalue weighted by atomic mass is 32.2. The second-order valence-electron chi connectivity index (χ2n) is 6.27. The first kappa shape index (κ1) is 16.0. The van der Waals surface area contributed by atoms with Crippen LogP contribution in [0, 0.1) is 0 Å². The molecule has 0 saturated heterocycles. The fourth-order valence-electron chi connectivity index (χ4n) is 1.98. The van der Waals surface area contributed by atoms with Crippen LogP contribution < -0.4 is 5.32 Å². The number of thioether (sulfide) groups is 1. The van der Waals surface area contributed by atoms with E-state index in [9.17, 15) is 0 Å². The molecule has 1 N–H and O–H groups in total. The van der Waals surface area contributed by atoms with Gasteiger partial charge in [0.05, 0.1) is 11.2 Å². The summed E-state index contributed by atoms with van der Waals surface area (Å²) in [4.78, 5) is 4.44. The van der Waals surface area contributed by atoms with Gasteiger partial charge in [-0.05, 0) is 24.6 Å². The molecule has 0 aliphatic rings. The van der Waals surface area contributed by atoms with Crippen molar-refractivity contribution in [3.05, 3.63) is 41.9 Å². The zero-order valence-electron chi connectivity index (χ0n) is 13.4. The second kappa shape index (κ2) is 6.62. The lowest BCUT2D eigenvalue weighted by Gasteiger charge is -2.17. The smallest absolute Gasteiger partial charge is 0.0968 e. The van der Waals surface area contributed by atoms with Crippen LogP contribution in [0.15, 0.2) is 35.7 Å². The van der Waals surface area contributed by atoms with Crippen LogP contribution in [0.25, 0.3) is 0 Å². The third kappa shape index (κ3) is 5.17. The lowest BCUT2D eigenvalue weighted by molar-refractivity contribution is 0.573. The van der Waals surface area contributed by atoms with E-state index < -0.39 is 0 Å². The van der Waals surface area contributed by atoms with E-state index in [2.05, 4.69) is 55.2 Å². The summed E-state index contributed by atoms with van der Waals surface area (Å²) in [6, 6.07) is 4.51. The van der Waals surface area contributed by atoms with Crippen LogP contribution in [0.3, 0.4) is 0 Å². The van der Waals surface area contributed by atoms with Gasteiger partial charge >= 0.3 is 0 Å². The van der Waals surface area contributed by atoms with Crippen molar-refractivity contribution in [3.63, 3.8) is 0 Å². The van der Waals surface area contributed by atoms with Crippen molar-refractivity contribution in [3.8, 4) is 0 Å². The van der Waals surface area contributed by atoms with Gasteiger partial charge in [0.1, 0.15) is 0 Å². The van der Waals surface area contributed by atoms with Crippen LogP contribution in [0.2, 0.25) is 0 Å². The molecule has 2 rings (SSSR count). The summed E-state index contributed by atoms with van der Waals surface area (Å²) in [6.07, 6.45) is 5.84. The summed E-state index contributed by atoms with van der Waals surface area (Å²) in [5, 5.41) is 8.82. The summed E-state index contributed by atoms with van der Waals surface area (Å²) < 4.78 is 2.01. The van der Waals surface area contributed by atoms with Crippen molar-refractivity contribution in [1.82, 2.24) is 20.1 Å². The number of aryl methyl sites for hydroxylation is 1. The summed E-state index contributed by atoms with van der Waals surface area (Å²) in [7, 11) is 1.94. The van der Waals surface area contributed by atoms with Gasteiger partial charge in [-0.25, -0.2) is 4.98 Å². The van der Waals surface area contributed by atoms with Gasteiger partial charge in [0.2, 0.25) is 0 Å². The predicted molar refractivity (Wildman–Crippen MR) is 88.3 cm³/mol. The molecule has 0 bridgehead atoms. The van der Waals surface area contributed by atoms with E-state index in [0.717, 1.165) is 11.6 Å². The lowest BCUT2D eigenvalue weighted by Crippen LogP contribution is -2.18. The first-order valence-electron chi connectivity index (χ1n) is 7.19. The van der Waals surface area contributed by atoms with Crippen LogP contribution in [-0.4, -0.2) is 19.5 Å². The molecule has 1 atom stereocenters. The standard InChI is InChI=1S/C16H24N4S/c1-12(14-10-19-20(5)11-14)18-9-13-6-7-17-15(8-13)21-16(2,3)4/h6-8,10-12,18H,9H2,1-5H3/t12-/m1/s1. The van der Waals surface area contributed by atoms with Gasteiger partial charge in [0, 0.05) is 42.3 Å². The van der Waals surface area contributed by atoms with E-state index in [-0.39, 0.29) is 10.8 Å². The SMILES string of the molecule is C[C@@H](NCc1ccnc(SC(C)(C)C)c1)c1cnn(C)c1. The van der Waals surface area contributed by atoms with Crippen LogP contribution in [0.5, 0.6) is 0 Å². The van der Waals surface area contributed by atoms with E-state index >= 15 is 0 Å². The zero-order valence-corrected chi connectivity index (χ0v) is 14.2. The third-order valence-electron chi connectivity index (χ3n) is 3.05. The summed E-state index contributed by atoms with van der Waals surface area (Å²) >= 11 is 1.80. The molecule has 0 amide bonds. The van der Waals surface area contributed by atoms with E-state index in [4.69, 9.17) is 0 Å². The quantitative estimate of drug-likeness (QED) is 0.858. The number of nitrogens with zero attached hydrogens (tertiary/aromatic N) is 3. The molecule has 21 heavy (non-hydrogen) atoms. The fourth-order valence-corrected chi connectivity index (χ4v) is 2.93. The number of nitrogens with one attached hydrogen (secondary N) is 1. The van der Waals surface area contributed by atoms with Crippen LogP contribution in [0.4, 0.5) is 0 Å². The molecule has 0 fully saturated rings. The van der Waals surface area contributed by atoms with Crippen molar-refractivity contribution >= 4 is 11.8 Å². The van der Waals surface area contributed by atoms with Crippen molar-refractivity contribution in [2.45, 2.75) is 50.1 Å². The monoisotopic (exact) mass is 304 g/mol. The molecule has 2 aromatic heterocycles. The van der Waals surface area contributed by atoms with E-state index in [1.165, 1.54) is 11.1 Å². The van der Waals surface area contributed by atoms with Crippen molar-refractivity contribution in [2.75, 3.05) is 0 Å². The Labute approximate surface area is 131 Å². The van der Waals surface area contributed by atoms with Crippen LogP contribution >= 0.6 is 11.8 Å². The fraction of sp³-hybridized carbons (Fsp3) is 0.500. The highest BCUT2D eigenvalue weighted by Gasteiger charge is 2.13. The van der Waals surface area contributed by atoms with Crippen LogP contribution in [-0.2, 0) is 13.6 Å². The van der Waals surface area contributed by atoms with Gasteiger partial charge in [-0.2, -0.15) is 5.10 Å². The summed E-state index contributed by atoms with van der Waals surface area (Å²) in [5.41, 5.74) is 2.46. The van der Waals surface area contributed by atoms with E-state index in [0.29, 0.717) is 0 Å². The number of aromatic nitrogens is 3. The second-order valence-corrected chi connectivity index (χ2v) is 8.11. The number of pyridine rings is 1. The molecule has 0 aromatic carbocycles. The van der Waals surface area contributed by atoms with Gasteiger partial charge in [-0.3, -0.25) is 4.68 Å². The Morgan fingerprint density at radius 1 is 1.38 bits per heavy atom. The van der Waals surface area contributed by atoms with Crippen molar-refractivity contribution < 1.29 is 0 Å². The minimum atomic E-state index is 0.183. The molecule has 5 heteroatoms. The number of hydrogen-bond acceptors (Lipinski definition) is 4. The minimum Gasteiger partial charge on any atom is -0.306 e. The molecule has 0 saturated carbocycles. The van der Waals surface area contributed by atoms with Gasteiger partial charge in [0.15, 0.2) is 0 Å². The average molecular weight is 304 g/mol. The molecule has 2 heterocycles. The minimum absolute atomic E-state index is 0.183. The molecule has 4 nitrogen and oxygen atoms in total. The van der Waals surface area contributed by atoms with Crippen molar-refractivity contribution in [1.29, 1.82) is 0 Å². The molecular formula is C16H24N4S. The van der Waals surface area contributed by atoms with Gasteiger partial charge in [-0.15, -0.1) is 11.8 Å². The molecule has 114 valence electrons. The summed E-state index contributed by atoms with van der Waals surface area (Å²) in [6.45, 7) is 9.59. The van der Waals surface area contributed by atoms with Gasteiger partial charge < -0.3 is 5.32 Å². The molecule has 0 spiro atoms. The average Bonchev–Trinajstić information content (AvgIpc) is 2.81. The molecule has 0 aliphatic carbocycles. The zero-order chi connectivity index (χ0) is 15.5. The van der Waals surface area contributed by atoms with Crippen molar-refractivity contribution in [2.24, 2.45) is 7.05 Å². The molecule has 0 unspecified atom stereocenters. The number of rotatable bonds is 5. The number of hydrogen-bond donors (Lipinski definition) is 1. The highest BCUT2D eigenvalue weighted by Crippen LogP contribution is 2.30. The normalized spacial score (nSPS) is 13.4. The maximum absolute atomic E-state index is 4.44. The topological polar surface area (TPSA) is 42.7 Å². The maximum Gasteiger partial charge on any atom is 0.0968 e. The first-order chi connectivity index (χ1) is 9.83. The largest absolute Gasteiger partial charge is 0.306 e. The van der Waals surface area contributed by atoms with E-state index in [1.54, 1.807) is 11.8 Å². The summed E-state index contributed by atoms with van der Waals surface area (Å²) in [5.74, 6) is 0. The molecular weight excluding hydrogens is 280 g/mol. The molecule has 0 aliphatic heterocycles. The van der Waals surface area contributed by atoms with Gasteiger partial charge in [0.25, 0.3) is 0 Å². The maximum atomic E-state index is 4.44. The Morgan fingerprint density at radius 3 is 2.76 bits per heavy atom. The molecule has 0 radical (unpaired) electrons. The highest BCUT2D eigenvalue weighted by molar-refractivity contribution is 8.00.